The first kappa shape index (κ1) is 25.7. The predicted molar refractivity (Wildman–Crippen MR) is 130 cm³/mol. The van der Waals surface area contributed by atoms with Crippen molar-refractivity contribution in [3.8, 4) is 5.75 Å². The Morgan fingerprint density at radius 3 is 2.53 bits per heavy atom. The fourth-order valence-corrected chi connectivity index (χ4v) is 4.82. The summed E-state index contributed by atoms with van der Waals surface area (Å²) in [6, 6.07) is 15.3. The van der Waals surface area contributed by atoms with Crippen molar-refractivity contribution < 1.29 is 27.8 Å². The number of amides is 1. The molecular weight excluding hydrogens is 456 g/mol. The zero-order valence-corrected chi connectivity index (χ0v) is 20.4. The number of hydrogen-bond acceptors (Lipinski definition) is 7. The lowest BCUT2D eigenvalue weighted by atomic mass is 9.97. The largest absolute Gasteiger partial charge is 0.494 e. The normalized spacial score (nSPS) is 17.8. The van der Waals surface area contributed by atoms with Gasteiger partial charge in [0.1, 0.15) is 12.4 Å². The molecule has 1 aliphatic heterocycles. The van der Waals surface area contributed by atoms with Crippen LogP contribution in [0.1, 0.15) is 32.3 Å². The van der Waals surface area contributed by atoms with Crippen molar-refractivity contribution >= 4 is 21.6 Å². The van der Waals surface area contributed by atoms with Gasteiger partial charge in [-0.15, -0.1) is 0 Å². The third-order valence-electron chi connectivity index (χ3n) is 5.42. The number of nitrogens with zero attached hydrogens (tertiary/aromatic N) is 1. The van der Waals surface area contributed by atoms with E-state index in [2.05, 4.69) is 10.3 Å². The van der Waals surface area contributed by atoms with Crippen LogP contribution in [0.2, 0.25) is 0 Å². The molecule has 0 spiro atoms. The van der Waals surface area contributed by atoms with Crippen molar-refractivity contribution in [1.82, 2.24) is 5.32 Å². The third kappa shape index (κ3) is 6.57. The van der Waals surface area contributed by atoms with Crippen molar-refractivity contribution in [2.24, 2.45) is 10.9 Å². The van der Waals surface area contributed by atoms with E-state index in [-0.39, 0.29) is 42.1 Å². The van der Waals surface area contributed by atoms with Crippen LogP contribution in [0.15, 0.2) is 64.5 Å². The van der Waals surface area contributed by atoms with Crippen LogP contribution in [0, 0.1) is 5.92 Å². The number of carbonyl (C=O) groups is 1. The van der Waals surface area contributed by atoms with Crippen LogP contribution in [-0.4, -0.2) is 63.0 Å². The summed E-state index contributed by atoms with van der Waals surface area (Å²) in [6.07, 6.45) is 0.539. The van der Waals surface area contributed by atoms with Gasteiger partial charge < -0.3 is 19.9 Å². The van der Waals surface area contributed by atoms with Crippen molar-refractivity contribution in [3.05, 3.63) is 60.2 Å². The molecule has 2 aromatic carbocycles. The first-order chi connectivity index (χ1) is 16.3. The summed E-state index contributed by atoms with van der Waals surface area (Å²) in [5.41, 5.74) is -0.665. The molecule has 0 saturated heterocycles. The quantitative estimate of drug-likeness (QED) is 0.444. The second-order valence-corrected chi connectivity index (χ2v) is 10.8. The van der Waals surface area contributed by atoms with Gasteiger partial charge in [-0.05, 0) is 48.7 Å². The van der Waals surface area contributed by atoms with Crippen LogP contribution in [0.25, 0.3) is 0 Å². The van der Waals surface area contributed by atoms with E-state index in [1.165, 1.54) is 0 Å². The number of rotatable bonds is 12. The summed E-state index contributed by atoms with van der Waals surface area (Å²) in [5.74, 6) is 0.593. The summed E-state index contributed by atoms with van der Waals surface area (Å²) >= 11 is 0. The van der Waals surface area contributed by atoms with Crippen LogP contribution in [0.4, 0.5) is 0 Å². The van der Waals surface area contributed by atoms with E-state index in [1.54, 1.807) is 54.6 Å². The Hall–Kier alpha value is -2.91. The fraction of sp³-hybridized carbons (Fsp3) is 0.440. The minimum absolute atomic E-state index is 0.0000106. The zero-order valence-electron chi connectivity index (χ0n) is 19.6. The number of aliphatic hydroxyl groups excluding tert-OH is 1. The standard InChI is InChI=1S/C25H32N2O6S/c1-19(2)17-26-24(29)25(13-16-34(30,31)22-7-4-3-5-8-22)18-33-23(27-25)20-9-11-21(12-10-20)32-15-6-14-28/h3-5,7-12,19,28H,6,13-18H2,1-2H3,(H,26,29)/t25-/m1/s1. The van der Waals surface area contributed by atoms with E-state index in [4.69, 9.17) is 14.6 Å². The predicted octanol–water partition coefficient (Wildman–Crippen LogP) is 2.60. The van der Waals surface area contributed by atoms with Crippen molar-refractivity contribution in [1.29, 1.82) is 0 Å². The zero-order chi connectivity index (χ0) is 24.6. The number of carbonyl (C=O) groups excluding carboxylic acids is 1. The van der Waals surface area contributed by atoms with Crippen molar-refractivity contribution in [2.75, 3.05) is 32.1 Å². The Labute approximate surface area is 200 Å². The summed E-state index contributed by atoms with van der Waals surface area (Å²) in [7, 11) is -3.59. The van der Waals surface area contributed by atoms with E-state index in [1.807, 2.05) is 13.8 Å². The van der Waals surface area contributed by atoms with E-state index < -0.39 is 15.4 Å². The van der Waals surface area contributed by atoms with Crippen molar-refractivity contribution in [3.63, 3.8) is 0 Å². The maximum absolute atomic E-state index is 13.2. The molecule has 1 heterocycles. The molecule has 34 heavy (non-hydrogen) atoms. The molecule has 2 aromatic rings. The smallest absolute Gasteiger partial charge is 0.251 e. The van der Waals surface area contributed by atoms with Gasteiger partial charge in [0, 0.05) is 25.1 Å². The molecule has 9 heteroatoms. The van der Waals surface area contributed by atoms with Gasteiger partial charge >= 0.3 is 0 Å². The number of benzene rings is 2. The lowest BCUT2D eigenvalue weighted by Gasteiger charge is -2.23. The fourth-order valence-electron chi connectivity index (χ4n) is 3.41. The SMILES string of the molecule is CC(C)CNC(=O)[C@@]1(CCS(=O)(=O)c2ccccc2)COC(c2ccc(OCCCO)cc2)=N1. The lowest BCUT2D eigenvalue weighted by molar-refractivity contribution is -0.126. The van der Waals surface area contributed by atoms with Gasteiger partial charge in [0.2, 0.25) is 5.90 Å². The van der Waals surface area contributed by atoms with Gasteiger partial charge in [0.15, 0.2) is 15.4 Å². The van der Waals surface area contributed by atoms with Gasteiger partial charge in [-0.25, -0.2) is 13.4 Å². The average Bonchev–Trinajstić information content (AvgIpc) is 3.28. The number of ether oxygens (including phenoxy) is 2. The average molecular weight is 489 g/mol. The van der Waals surface area contributed by atoms with Crippen LogP contribution in [0.5, 0.6) is 5.75 Å². The van der Waals surface area contributed by atoms with E-state index in [0.29, 0.717) is 36.8 Å². The molecular formula is C25H32N2O6S. The Morgan fingerprint density at radius 1 is 1.18 bits per heavy atom. The second kappa shape index (κ2) is 11.5. The number of sulfone groups is 1. The number of aliphatic hydroxyl groups is 1. The topological polar surface area (TPSA) is 114 Å². The molecule has 0 bridgehead atoms. The van der Waals surface area contributed by atoms with Gasteiger partial charge in [-0.3, -0.25) is 4.79 Å². The minimum atomic E-state index is -3.59. The summed E-state index contributed by atoms with van der Waals surface area (Å²) in [5, 5.41) is 11.8. The molecule has 1 atom stereocenters. The first-order valence-corrected chi connectivity index (χ1v) is 13.0. The summed E-state index contributed by atoms with van der Waals surface area (Å²) in [6.45, 7) is 4.85. The van der Waals surface area contributed by atoms with Crippen LogP contribution >= 0.6 is 0 Å². The highest BCUT2D eigenvalue weighted by Crippen LogP contribution is 2.28. The first-order valence-electron chi connectivity index (χ1n) is 11.4. The molecule has 1 aliphatic rings. The van der Waals surface area contributed by atoms with Gasteiger partial charge in [-0.1, -0.05) is 32.0 Å². The molecule has 184 valence electrons. The molecule has 3 rings (SSSR count). The highest BCUT2D eigenvalue weighted by atomic mass is 32.2. The van der Waals surface area contributed by atoms with Crippen LogP contribution in [0.3, 0.4) is 0 Å². The molecule has 1 amide bonds. The molecule has 0 aliphatic carbocycles. The highest BCUT2D eigenvalue weighted by Gasteiger charge is 2.45. The molecule has 0 fully saturated rings. The number of nitrogens with one attached hydrogen (secondary N) is 1. The van der Waals surface area contributed by atoms with E-state index >= 15 is 0 Å². The number of aliphatic imine (C=N–C) groups is 1. The Morgan fingerprint density at radius 2 is 1.88 bits per heavy atom. The Kier molecular flexibility index (Phi) is 8.68. The molecule has 0 unspecified atom stereocenters. The minimum Gasteiger partial charge on any atom is -0.494 e. The second-order valence-electron chi connectivity index (χ2n) is 8.67. The Bertz CT molecular complexity index is 1080. The van der Waals surface area contributed by atoms with Crippen LogP contribution in [-0.2, 0) is 19.4 Å². The molecule has 8 nitrogen and oxygen atoms in total. The van der Waals surface area contributed by atoms with E-state index in [9.17, 15) is 13.2 Å². The van der Waals surface area contributed by atoms with Gasteiger partial charge in [0.05, 0.1) is 17.3 Å². The highest BCUT2D eigenvalue weighted by molar-refractivity contribution is 7.91. The summed E-state index contributed by atoms with van der Waals surface area (Å²) < 4.78 is 37.1. The lowest BCUT2D eigenvalue weighted by Crippen LogP contribution is -2.48. The third-order valence-corrected chi connectivity index (χ3v) is 7.15. The summed E-state index contributed by atoms with van der Waals surface area (Å²) in [4.78, 5) is 18.0. The van der Waals surface area contributed by atoms with Gasteiger partial charge in [0.25, 0.3) is 5.91 Å². The molecule has 2 N–H and O–H groups in total. The number of hydrogen-bond donors (Lipinski definition) is 2. The molecule has 0 aromatic heterocycles. The van der Waals surface area contributed by atoms with Crippen LogP contribution < -0.4 is 10.1 Å². The molecule has 0 radical (unpaired) electrons. The maximum atomic E-state index is 13.2. The Balaban J connectivity index is 1.81. The maximum Gasteiger partial charge on any atom is 0.251 e. The van der Waals surface area contributed by atoms with E-state index in [0.717, 1.165) is 0 Å². The van der Waals surface area contributed by atoms with Gasteiger partial charge in [-0.2, -0.15) is 0 Å². The monoisotopic (exact) mass is 488 g/mol. The molecule has 0 saturated carbocycles. The van der Waals surface area contributed by atoms with Crippen molar-refractivity contribution in [2.45, 2.75) is 37.1 Å².